The Kier molecular flexibility index (Phi) is 5.13. The van der Waals surface area contributed by atoms with E-state index in [4.69, 9.17) is 10.2 Å². The van der Waals surface area contributed by atoms with E-state index in [9.17, 15) is 4.79 Å². The van der Waals surface area contributed by atoms with E-state index in [-0.39, 0.29) is 18.5 Å². The molecule has 2 aromatic rings. The summed E-state index contributed by atoms with van der Waals surface area (Å²) in [7, 11) is 0. The van der Waals surface area contributed by atoms with Gasteiger partial charge in [0.2, 0.25) is 0 Å². The molecule has 21 heavy (non-hydrogen) atoms. The molecule has 2 rings (SSSR count). The van der Waals surface area contributed by atoms with Crippen LogP contribution in [0, 0.1) is 11.8 Å². The van der Waals surface area contributed by atoms with E-state index in [0.717, 1.165) is 5.76 Å². The first-order valence-corrected chi connectivity index (χ1v) is 6.67. The first kappa shape index (κ1) is 14.8. The van der Waals surface area contributed by atoms with E-state index >= 15 is 0 Å². The fourth-order valence-corrected chi connectivity index (χ4v) is 1.92. The van der Waals surface area contributed by atoms with Crippen LogP contribution in [-0.2, 0) is 6.42 Å². The molecule has 5 heteroatoms. The Morgan fingerprint density at radius 1 is 1.52 bits per heavy atom. The Bertz CT molecular complexity index is 654. The monoisotopic (exact) mass is 283 g/mol. The molecule has 0 saturated carbocycles. The molecule has 0 bridgehead atoms. The molecule has 0 aliphatic heterocycles. The molecule has 0 fully saturated rings. The maximum absolute atomic E-state index is 12.3. The minimum atomic E-state index is -0.183. The van der Waals surface area contributed by atoms with Crippen molar-refractivity contribution in [3.8, 4) is 11.8 Å². The molecule has 3 N–H and O–H groups in total. The second-order valence-electron chi connectivity index (χ2n) is 4.59. The molecule has 0 spiro atoms. The third kappa shape index (κ3) is 4.20. The van der Waals surface area contributed by atoms with Crippen molar-refractivity contribution in [2.75, 3.05) is 6.54 Å². The first-order valence-electron chi connectivity index (χ1n) is 6.67. The number of aromatic nitrogens is 1. The van der Waals surface area contributed by atoms with Gasteiger partial charge in [0.25, 0.3) is 5.91 Å². The zero-order valence-corrected chi connectivity index (χ0v) is 11.8. The van der Waals surface area contributed by atoms with Gasteiger partial charge < -0.3 is 15.5 Å². The van der Waals surface area contributed by atoms with Gasteiger partial charge in [0.05, 0.1) is 23.9 Å². The van der Waals surface area contributed by atoms with E-state index in [1.54, 1.807) is 24.7 Å². The summed E-state index contributed by atoms with van der Waals surface area (Å²) in [6, 6.07) is 5.31. The summed E-state index contributed by atoms with van der Waals surface area (Å²) in [6.07, 6.45) is 5.38. The number of pyridine rings is 1. The average Bonchev–Trinajstić information content (AvgIpc) is 2.98. The summed E-state index contributed by atoms with van der Waals surface area (Å²) in [4.78, 5) is 16.3. The Balaban J connectivity index is 2.06. The van der Waals surface area contributed by atoms with Crippen molar-refractivity contribution in [2.45, 2.75) is 19.4 Å². The Labute approximate surface area is 123 Å². The van der Waals surface area contributed by atoms with Crippen molar-refractivity contribution in [1.82, 2.24) is 10.3 Å². The van der Waals surface area contributed by atoms with Crippen LogP contribution in [0.1, 0.15) is 28.6 Å². The Morgan fingerprint density at radius 2 is 2.38 bits per heavy atom. The molecule has 2 aromatic heterocycles. The van der Waals surface area contributed by atoms with E-state index < -0.39 is 0 Å². The largest absolute Gasteiger partial charge is 0.469 e. The van der Waals surface area contributed by atoms with Crippen LogP contribution in [0.4, 0.5) is 0 Å². The highest BCUT2D eigenvalue weighted by Crippen LogP contribution is 2.08. The molecule has 0 aliphatic rings. The lowest BCUT2D eigenvalue weighted by Gasteiger charge is -2.13. The molecule has 0 saturated heterocycles. The van der Waals surface area contributed by atoms with Crippen molar-refractivity contribution in [3.05, 3.63) is 53.7 Å². The van der Waals surface area contributed by atoms with Gasteiger partial charge in [-0.05, 0) is 25.1 Å². The summed E-state index contributed by atoms with van der Waals surface area (Å²) in [5.74, 6) is 6.24. The maximum Gasteiger partial charge on any atom is 0.252 e. The molecule has 0 aliphatic carbocycles. The van der Waals surface area contributed by atoms with Crippen LogP contribution in [0.3, 0.4) is 0 Å². The smallest absolute Gasteiger partial charge is 0.252 e. The van der Waals surface area contributed by atoms with Gasteiger partial charge in [-0.15, -0.1) is 0 Å². The number of amides is 1. The van der Waals surface area contributed by atoms with Gasteiger partial charge in [0, 0.05) is 24.9 Å². The van der Waals surface area contributed by atoms with Crippen LogP contribution in [0.2, 0.25) is 0 Å². The van der Waals surface area contributed by atoms with Gasteiger partial charge >= 0.3 is 0 Å². The Hall–Kier alpha value is -2.58. The predicted octanol–water partition coefficient (Wildman–Crippen LogP) is 1.35. The number of hydrogen-bond acceptors (Lipinski definition) is 4. The lowest BCUT2D eigenvalue weighted by atomic mass is 10.1. The van der Waals surface area contributed by atoms with Crippen LogP contribution in [0.5, 0.6) is 0 Å². The van der Waals surface area contributed by atoms with E-state index in [1.807, 2.05) is 19.1 Å². The molecule has 0 aromatic carbocycles. The van der Waals surface area contributed by atoms with E-state index in [1.165, 1.54) is 0 Å². The predicted molar refractivity (Wildman–Crippen MR) is 79.5 cm³/mol. The maximum atomic E-state index is 12.3. The number of nitrogens with two attached hydrogens (primary N) is 1. The molecule has 2 heterocycles. The average molecular weight is 283 g/mol. The summed E-state index contributed by atoms with van der Waals surface area (Å²) in [5.41, 5.74) is 6.43. The summed E-state index contributed by atoms with van der Waals surface area (Å²) in [6.45, 7) is 2.16. The minimum absolute atomic E-state index is 0.0490. The topological polar surface area (TPSA) is 81.2 Å². The molecular weight excluding hydrogens is 266 g/mol. The third-order valence-electron chi connectivity index (χ3n) is 2.86. The molecule has 5 nitrogen and oxygen atoms in total. The van der Waals surface area contributed by atoms with Gasteiger partial charge in [0.1, 0.15) is 5.76 Å². The van der Waals surface area contributed by atoms with Gasteiger partial charge in [-0.25, -0.2) is 0 Å². The van der Waals surface area contributed by atoms with E-state index in [2.05, 4.69) is 22.1 Å². The molecule has 0 radical (unpaired) electrons. The van der Waals surface area contributed by atoms with Crippen molar-refractivity contribution in [1.29, 1.82) is 0 Å². The van der Waals surface area contributed by atoms with Gasteiger partial charge in [-0.2, -0.15) is 0 Å². The third-order valence-corrected chi connectivity index (χ3v) is 2.86. The number of hydrogen-bond donors (Lipinski definition) is 2. The molecule has 1 unspecified atom stereocenters. The number of carbonyl (C=O) groups excluding carboxylic acids is 1. The normalized spacial score (nSPS) is 11.3. The molecule has 1 amide bonds. The van der Waals surface area contributed by atoms with Crippen LogP contribution in [0.15, 0.2) is 41.3 Å². The highest BCUT2D eigenvalue weighted by molar-refractivity contribution is 5.96. The second-order valence-corrected chi connectivity index (χ2v) is 4.59. The lowest BCUT2D eigenvalue weighted by molar-refractivity contribution is 0.0939. The van der Waals surface area contributed by atoms with Crippen molar-refractivity contribution in [3.63, 3.8) is 0 Å². The minimum Gasteiger partial charge on any atom is -0.469 e. The number of carbonyl (C=O) groups is 1. The van der Waals surface area contributed by atoms with Gasteiger partial charge in [0.15, 0.2) is 0 Å². The highest BCUT2D eigenvalue weighted by atomic mass is 16.3. The van der Waals surface area contributed by atoms with Crippen LogP contribution < -0.4 is 11.1 Å². The van der Waals surface area contributed by atoms with Gasteiger partial charge in [-0.3, -0.25) is 9.78 Å². The van der Waals surface area contributed by atoms with E-state index in [0.29, 0.717) is 17.5 Å². The van der Waals surface area contributed by atoms with Crippen LogP contribution in [0.25, 0.3) is 0 Å². The standard InChI is InChI=1S/C16H17N3O2/c1-12(10-14-5-3-9-21-14)19-16(20)15-6-8-18-11-13(15)4-2-7-17/h3,5-6,8-9,11-12H,7,10,17H2,1H3,(H,19,20). The summed E-state index contributed by atoms with van der Waals surface area (Å²) < 4.78 is 5.27. The van der Waals surface area contributed by atoms with Crippen molar-refractivity contribution < 1.29 is 9.21 Å². The SMILES string of the molecule is CC(Cc1ccco1)NC(=O)c1ccncc1C#CCN. The number of rotatable bonds is 4. The highest BCUT2D eigenvalue weighted by Gasteiger charge is 2.14. The van der Waals surface area contributed by atoms with Crippen molar-refractivity contribution >= 4 is 5.91 Å². The zero-order valence-electron chi connectivity index (χ0n) is 11.8. The second kappa shape index (κ2) is 7.27. The van der Waals surface area contributed by atoms with Crippen molar-refractivity contribution in [2.24, 2.45) is 5.73 Å². The van der Waals surface area contributed by atoms with Gasteiger partial charge in [-0.1, -0.05) is 11.8 Å². The fraction of sp³-hybridized carbons (Fsp3) is 0.250. The summed E-state index contributed by atoms with van der Waals surface area (Å²) in [5, 5.41) is 2.93. The number of furan rings is 1. The molecular formula is C16H17N3O2. The number of nitrogens with zero attached hydrogens (tertiary/aromatic N) is 1. The molecule has 1 atom stereocenters. The quantitative estimate of drug-likeness (QED) is 0.830. The first-order chi connectivity index (χ1) is 10.2. The summed E-state index contributed by atoms with van der Waals surface area (Å²) >= 11 is 0. The number of nitrogens with one attached hydrogen (secondary N) is 1. The zero-order chi connectivity index (χ0) is 15.1. The van der Waals surface area contributed by atoms with Crippen LogP contribution >= 0.6 is 0 Å². The lowest BCUT2D eigenvalue weighted by Crippen LogP contribution is -2.34. The van der Waals surface area contributed by atoms with Crippen LogP contribution in [-0.4, -0.2) is 23.5 Å². The fourth-order valence-electron chi connectivity index (χ4n) is 1.92. The molecule has 108 valence electrons. The Morgan fingerprint density at radius 3 is 3.10 bits per heavy atom.